The molecule has 4 nitrogen and oxygen atoms in total. The van der Waals surface area contributed by atoms with Gasteiger partial charge in [0.15, 0.2) is 0 Å². The zero-order chi connectivity index (χ0) is 13.5. The summed E-state index contributed by atoms with van der Waals surface area (Å²) < 4.78 is 5.04. The number of ether oxygens (including phenoxy) is 1. The van der Waals surface area contributed by atoms with Gasteiger partial charge in [-0.1, -0.05) is 32.0 Å². The fraction of sp³-hybridized carbons (Fsp3) is 0.429. The van der Waals surface area contributed by atoms with E-state index in [-0.39, 0.29) is 11.1 Å². The Bertz CT molecular complexity index is 424. The van der Waals surface area contributed by atoms with Crippen LogP contribution in [0.25, 0.3) is 0 Å². The van der Waals surface area contributed by atoms with Crippen LogP contribution in [0.3, 0.4) is 0 Å². The molecular weight excluding hydrogens is 232 g/mol. The summed E-state index contributed by atoms with van der Waals surface area (Å²) in [6, 6.07) is 5.90. The molecule has 0 heterocycles. The van der Waals surface area contributed by atoms with Gasteiger partial charge in [0.2, 0.25) is 0 Å². The Kier molecular flexibility index (Phi) is 5.36. The Hall–Kier alpha value is -1.84. The van der Waals surface area contributed by atoms with Crippen LogP contribution in [0.15, 0.2) is 24.3 Å². The fourth-order valence-corrected chi connectivity index (χ4v) is 1.57. The maximum absolute atomic E-state index is 11.7. The molecule has 0 atom stereocenters. The molecule has 1 aromatic rings. The average Bonchev–Trinajstić information content (AvgIpc) is 2.34. The molecule has 0 saturated carbocycles. The van der Waals surface area contributed by atoms with Crippen molar-refractivity contribution in [2.24, 2.45) is 5.92 Å². The maximum atomic E-state index is 11.7. The minimum Gasteiger partial charge on any atom is -0.545 e. The van der Waals surface area contributed by atoms with Crippen LogP contribution >= 0.6 is 0 Å². The highest BCUT2D eigenvalue weighted by atomic mass is 16.5. The van der Waals surface area contributed by atoms with Gasteiger partial charge in [0.25, 0.3) is 0 Å². The van der Waals surface area contributed by atoms with E-state index >= 15 is 0 Å². The molecule has 1 rings (SSSR count). The number of carboxylic acid groups (broad SMARTS) is 1. The molecule has 98 valence electrons. The van der Waals surface area contributed by atoms with E-state index in [0.717, 1.165) is 12.8 Å². The van der Waals surface area contributed by atoms with Crippen LogP contribution in [-0.2, 0) is 4.74 Å². The van der Waals surface area contributed by atoms with Gasteiger partial charge in [-0.05, 0) is 24.8 Å². The molecule has 0 N–H and O–H groups in total. The van der Waals surface area contributed by atoms with Crippen LogP contribution in [0, 0.1) is 5.92 Å². The molecule has 0 unspecified atom stereocenters. The van der Waals surface area contributed by atoms with Gasteiger partial charge in [0, 0.05) is 5.56 Å². The summed E-state index contributed by atoms with van der Waals surface area (Å²) in [5.41, 5.74) is -0.0894. The van der Waals surface area contributed by atoms with Crippen LogP contribution in [0.4, 0.5) is 0 Å². The van der Waals surface area contributed by atoms with E-state index in [2.05, 4.69) is 13.8 Å². The van der Waals surface area contributed by atoms with Crippen LogP contribution in [0.5, 0.6) is 0 Å². The van der Waals surface area contributed by atoms with Crippen molar-refractivity contribution in [2.75, 3.05) is 6.61 Å². The number of esters is 1. The van der Waals surface area contributed by atoms with E-state index in [1.54, 1.807) is 12.1 Å². The summed E-state index contributed by atoms with van der Waals surface area (Å²) in [5, 5.41) is 10.8. The number of hydrogen-bond acceptors (Lipinski definition) is 4. The highest BCUT2D eigenvalue weighted by molar-refractivity contribution is 6.01. The molecule has 4 heteroatoms. The first kappa shape index (κ1) is 14.2. The first-order valence-electron chi connectivity index (χ1n) is 6.00. The number of hydrogen-bond donors (Lipinski definition) is 0. The quantitative estimate of drug-likeness (QED) is 0.568. The fourth-order valence-electron chi connectivity index (χ4n) is 1.57. The summed E-state index contributed by atoms with van der Waals surface area (Å²) in [7, 11) is 0. The summed E-state index contributed by atoms with van der Waals surface area (Å²) >= 11 is 0. The maximum Gasteiger partial charge on any atom is 0.338 e. The normalized spacial score (nSPS) is 10.4. The van der Waals surface area contributed by atoms with E-state index in [9.17, 15) is 14.7 Å². The lowest BCUT2D eigenvalue weighted by molar-refractivity contribution is -0.255. The number of rotatable bonds is 6. The van der Waals surface area contributed by atoms with Crippen molar-refractivity contribution in [3.63, 3.8) is 0 Å². The first-order valence-corrected chi connectivity index (χ1v) is 6.00. The van der Waals surface area contributed by atoms with Crippen molar-refractivity contribution in [3.05, 3.63) is 35.4 Å². The van der Waals surface area contributed by atoms with Crippen LogP contribution in [0.2, 0.25) is 0 Å². The van der Waals surface area contributed by atoms with Crippen molar-refractivity contribution in [3.8, 4) is 0 Å². The van der Waals surface area contributed by atoms with E-state index in [1.165, 1.54) is 12.1 Å². The second kappa shape index (κ2) is 6.79. The van der Waals surface area contributed by atoms with Crippen molar-refractivity contribution >= 4 is 11.9 Å². The summed E-state index contributed by atoms with van der Waals surface area (Å²) in [5.74, 6) is -1.43. The molecule has 18 heavy (non-hydrogen) atoms. The molecule has 0 aliphatic heterocycles. The predicted molar refractivity (Wildman–Crippen MR) is 65.1 cm³/mol. The number of carbonyl (C=O) groups excluding carboxylic acids is 2. The summed E-state index contributed by atoms with van der Waals surface area (Å²) in [4.78, 5) is 22.5. The molecule has 1 aromatic carbocycles. The third-order valence-corrected chi connectivity index (χ3v) is 2.53. The number of carbonyl (C=O) groups is 2. The van der Waals surface area contributed by atoms with E-state index in [0.29, 0.717) is 12.5 Å². The summed E-state index contributed by atoms with van der Waals surface area (Å²) in [6.07, 6.45) is 1.74. The molecule has 0 radical (unpaired) electrons. The Labute approximate surface area is 107 Å². The van der Waals surface area contributed by atoms with Gasteiger partial charge in [0.1, 0.15) is 0 Å². The van der Waals surface area contributed by atoms with Gasteiger partial charge in [-0.3, -0.25) is 0 Å². The number of aromatic carboxylic acids is 1. The van der Waals surface area contributed by atoms with Crippen molar-refractivity contribution in [1.29, 1.82) is 0 Å². The second-order valence-corrected chi connectivity index (χ2v) is 4.51. The molecule has 0 amide bonds. The molecule has 0 saturated heterocycles. The van der Waals surface area contributed by atoms with Gasteiger partial charge in [-0.25, -0.2) is 4.79 Å². The van der Waals surface area contributed by atoms with Gasteiger partial charge < -0.3 is 14.6 Å². The summed E-state index contributed by atoms with van der Waals surface area (Å²) in [6.45, 7) is 4.48. The Balaban J connectivity index is 2.59. The minimum atomic E-state index is -1.37. The van der Waals surface area contributed by atoms with E-state index in [4.69, 9.17) is 4.74 Å². The monoisotopic (exact) mass is 249 g/mol. The lowest BCUT2D eigenvalue weighted by Crippen LogP contribution is -2.25. The molecule has 0 fully saturated rings. The first-order chi connectivity index (χ1) is 8.52. The molecule has 0 aromatic heterocycles. The van der Waals surface area contributed by atoms with Crippen molar-refractivity contribution in [1.82, 2.24) is 0 Å². The Morgan fingerprint density at radius 2 is 1.83 bits per heavy atom. The van der Waals surface area contributed by atoms with Gasteiger partial charge >= 0.3 is 5.97 Å². The third-order valence-electron chi connectivity index (χ3n) is 2.53. The second-order valence-electron chi connectivity index (χ2n) is 4.51. The molecule has 0 spiro atoms. The lowest BCUT2D eigenvalue weighted by atomic mass is 10.1. The van der Waals surface area contributed by atoms with E-state index in [1.807, 2.05) is 0 Å². The zero-order valence-electron chi connectivity index (χ0n) is 10.6. The molecular formula is C14H17O4-. The average molecular weight is 249 g/mol. The third kappa shape index (κ3) is 4.20. The highest BCUT2D eigenvalue weighted by Gasteiger charge is 2.12. The van der Waals surface area contributed by atoms with Gasteiger partial charge in [0.05, 0.1) is 18.1 Å². The van der Waals surface area contributed by atoms with Crippen LogP contribution in [-0.4, -0.2) is 18.5 Å². The topological polar surface area (TPSA) is 66.4 Å². The zero-order valence-corrected chi connectivity index (χ0v) is 10.6. The predicted octanol–water partition coefficient (Wildman–Crippen LogP) is 1.64. The number of carboxylic acids is 1. The highest BCUT2D eigenvalue weighted by Crippen LogP contribution is 2.10. The molecule has 0 aliphatic rings. The van der Waals surface area contributed by atoms with Gasteiger partial charge in [-0.15, -0.1) is 0 Å². The minimum absolute atomic E-state index is 0.0436. The van der Waals surface area contributed by atoms with Crippen molar-refractivity contribution < 1.29 is 19.4 Å². The molecule has 0 aliphatic carbocycles. The van der Waals surface area contributed by atoms with Gasteiger partial charge in [-0.2, -0.15) is 0 Å². The van der Waals surface area contributed by atoms with Crippen molar-refractivity contribution in [2.45, 2.75) is 26.7 Å². The SMILES string of the molecule is CC(C)CCCOC(=O)c1ccccc1C(=O)[O-]. The Morgan fingerprint density at radius 1 is 1.22 bits per heavy atom. The smallest absolute Gasteiger partial charge is 0.338 e. The Morgan fingerprint density at radius 3 is 2.39 bits per heavy atom. The van der Waals surface area contributed by atoms with E-state index < -0.39 is 11.9 Å². The largest absolute Gasteiger partial charge is 0.545 e. The standard InChI is InChI=1S/C14H18O4/c1-10(2)6-5-9-18-14(17)12-8-4-3-7-11(12)13(15)16/h3-4,7-8,10H,5-6,9H2,1-2H3,(H,15,16)/p-1. The number of benzene rings is 1. The molecule has 0 bridgehead atoms. The van der Waals surface area contributed by atoms with Crippen LogP contribution in [0.1, 0.15) is 47.4 Å². The lowest BCUT2D eigenvalue weighted by Gasteiger charge is -2.10. The van der Waals surface area contributed by atoms with Crippen LogP contribution < -0.4 is 5.11 Å².